The Labute approximate surface area is 260 Å². The summed E-state index contributed by atoms with van der Waals surface area (Å²) in [5.41, 5.74) is 6.85. The van der Waals surface area contributed by atoms with Gasteiger partial charge in [-0.25, -0.2) is 19.0 Å². The minimum absolute atomic E-state index is 0.107. The van der Waals surface area contributed by atoms with Crippen molar-refractivity contribution in [2.24, 2.45) is 0 Å². The first-order valence-electron chi connectivity index (χ1n) is 15.0. The van der Waals surface area contributed by atoms with Gasteiger partial charge >= 0.3 is 0 Å². The standard InChI is InChI=1S/C33H35FN8O3/c1-33(2,40-13-15-44-16-14-40)18-22(19-35)32(43)41-12-6-7-23(41)20-42-31-28(30(36)37-21-38-31)29(39-42)26-11-10-25(17-27(26)34)45-24-8-4-3-5-9-24/h3-5,8-11,17-18,21,23H,6-7,12-16,20H2,1-2H3,(H2,36,37,38)/b22-18-/t23-/m0/s1. The Morgan fingerprint density at radius 2 is 1.93 bits per heavy atom. The number of rotatable bonds is 8. The molecule has 2 aromatic carbocycles. The Balaban J connectivity index is 1.28. The summed E-state index contributed by atoms with van der Waals surface area (Å²) in [4.78, 5) is 26.3. The normalized spacial score (nSPS) is 17.9. The molecule has 2 aliphatic rings. The third-order valence-electron chi connectivity index (χ3n) is 8.43. The second-order valence-corrected chi connectivity index (χ2v) is 11.8. The molecule has 2 saturated heterocycles. The minimum Gasteiger partial charge on any atom is -0.457 e. The number of carbonyl (C=O) groups is 1. The van der Waals surface area contributed by atoms with Crippen LogP contribution in [-0.4, -0.2) is 79.9 Å². The largest absolute Gasteiger partial charge is 0.457 e. The number of ether oxygens (including phenoxy) is 2. The highest BCUT2D eigenvalue weighted by atomic mass is 19.1. The van der Waals surface area contributed by atoms with Gasteiger partial charge in [-0.1, -0.05) is 18.2 Å². The van der Waals surface area contributed by atoms with Gasteiger partial charge in [-0.3, -0.25) is 9.69 Å². The monoisotopic (exact) mass is 610 g/mol. The van der Waals surface area contributed by atoms with E-state index < -0.39 is 11.4 Å². The summed E-state index contributed by atoms with van der Waals surface area (Å²) in [5, 5.41) is 15.2. The maximum Gasteiger partial charge on any atom is 0.264 e. The number of aromatic nitrogens is 4. The Kier molecular flexibility index (Phi) is 8.47. The molecule has 2 fully saturated rings. The van der Waals surface area contributed by atoms with Crippen LogP contribution in [0.2, 0.25) is 0 Å². The predicted molar refractivity (Wildman–Crippen MR) is 167 cm³/mol. The first kappa shape index (κ1) is 30.2. The van der Waals surface area contributed by atoms with Gasteiger partial charge in [0.15, 0.2) is 5.65 Å². The maximum absolute atomic E-state index is 15.6. The van der Waals surface area contributed by atoms with Crippen molar-refractivity contribution in [2.45, 2.75) is 44.8 Å². The van der Waals surface area contributed by atoms with Gasteiger partial charge in [-0.15, -0.1) is 0 Å². The van der Waals surface area contributed by atoms with Gasteiger partial charge in [0.2, 0.25) is 0 Å². The van der Waals surface area contributed by atoms with E-state index in [0.29, 0.717) is 61.0 Å². The van der Waals surface area contributed by atoms with Crippen molar-refractivity contribution in [1.82, 2.24) is 29.5 Å². The molecule has 45 heavy (non-hydrogen) atoms. The van der Waals surface area contributed by atoms with Gasteiger partial charge in [0.05, 0.1) is 31.2 Å². The summed E-state index contributed by atoms with van der Waals surface area (Å²) in [5.74, 6) is 0.250. The number of nitrogens with zero attached hydrogens (tertiary/aromatic N) is 7. The lowest BCUT2D eigenvalue weighted by Crippen LogP contribution is -2.49. The first-order valence-corrected chi connectivity index (χ1v) is 15.0. The third-order valence-corrected chi connectivity index (χ3v) is 8.43. The van der Waals surface area contributed by atoms with Gasteiger partial charge < -0.3 is 20.1 Å². The molecule has 2 aliphatic heterocycles. The fourth-order valence-corrected chi connectivity index (χ4v) is 6.10. The number of nitrogen functional groups attached to an aromatic ring is 1. The van der Waals surface area contributed by atoms with Crippen LogP contribution in [0.4, 0.5) is 10.2 Å². The van der Waals surface area contributed by atoms with Gasteiger partial charge in [-0.05, 0) is 57.0 Å². The molecule has 4 aromatic rings. The number of anilines is 1. The number of amides is 1. The summed E-state index contributed by atoms with van der Waals surface area (Å²) in [6.45, 7) is 7.51. The molecule has 11 nitrogen and oxygen atoms in total. The number of benzene rings is 2. The van der Waals surface area contributed by atoms with Crippen LogP contribution < -0.4 is 10.5 Å². The Bertz CT molecular complexity index is 1780. The van der Waals surface area contributed by atoms with E-state index in [-0.39, 0.29) is 28.9 Å². The number of carbonyl (C=O) groups excluding carboxylic acids is 1. The van der Waals surface area contributed by atoms with Gasteiger partial charge in [0.1, 0.15) is 46.8 Å². The van der Waals surface area contributed by atoms with Crippen LogP contribution in [0.3, 0.4) is 0 Å². The number of hydrogen-bond acceptors (Lipinski definition) is 9. The molecule has 4 heterocycles. The smallest absolute Gasteiger partial charge is 0.264 e. The fourth-order valence-electron chi connectivity index (χ4n) is 6.10. The molecule has 0 aliphatic carbocycles. The lowest BCUT2D eigenvalue weighted by Gasteiger charge is -2.39. The second-order valence-electron chi connectivity index (χ2n) is 11.8. The minimum atomic E-state index is -0.539. The van der Waals surface area contributed by atoms with Crippen molar-refractivity contribution >= 4 is 22.8 Å². The average molecular weight is 611 g/mol. The van der Waals surface area contributed by atoms with Gasteiger partial charge in [-0.2, -0.15) is 10.4 Å². The van der Waals surface area contributed by atoms with Gasteiger partial charge in [0, 0.05) is 36.8 Å². The van der Waals surface area contributed by atoms with Crippen LogP contribution in [0.15, 0.2) is 66.5 Å². The van der Waals surface area contributed by atoms with Crippen molar-refractivity contribution in [1.29, 1.82) is 5.26 Å². The molecule has 0 unspecified atom stereocenters. The number of hydrogen-bond donors (Lipinski definition) is 1. The number of halogens is 1. The summed E-state index contributed by atoms with van der Waals surface area (Å²) in [6, 6.07) is 15.6. The molecule has 6 rings (SSSR count). The zero-order valence-corrected chi connectivity index (χ0v) is 25.3. The first-order chi connectivity index (χ1) is 21.7. The predicted octanol–water partition coefficient (Wildman–Crippen LogP) is 4.56. The van der Waals surface area contributed by atoms with E-state index in [9.17, 15) is 10.1 Å². The van der Waals surface area contributed by atoms with Crippen molar-refractivity contribution in [3.8, 4) is 28.8 Å². The molecular formula is C33H35FN8O3. The van der Waals surface area contributed by atoms with Crippen LogP contribution in [0, 0.1) is 17.1 Å². The van der Waals surface area contributed by atoms with E-state index in [4.69, 9.17) is 20.3 Å². The Morgan fingerprint density at radius 1 is 1.16 bits per heavy atom. The highest BCUT2D eigenvalue weighted by Gasteiger charge is 2.34. The topological polar surface area (TPSA) is 135 Å². The molecule has 1 atom stereocenters. The lowest BCUT2D eigenvalue weighted by molar-refractivity contribution is -0.127. The number of fused-ring (bicyclic) bond motifs is 1. The van der Waals surface area contributed by atoms with Crippen LogP contribution >= 0.6 is 0 Å². The lowest BCUT2D eigenvalue weighted by atomic mass is 9.97. The quantitative estimate of drug-likeness (QED) is 0.225. The van der Waals surface area contributed by atoms with E-state index >= 15 is 4.39 Å². The summed E-state index contributed by atoms with van der Waals surface area (Å²) < 4.78 is 28.5. The summed E-state index contributed by atoms with van der Waals surface area (Å²) in [6.07, 6.45) is 4.60. The molecule has 2 aromatic heterocycles. The number of morpholine rings is 1. The molecule has 0 radical (unpaired) electrons. The van der Waals surface area contributed by atoms with E-state index in [1.807, 2.05) is 32.0 Å². The van der Waals surface area contributed by atoms with Crippen molar-refractivity contribution in [3.05, 3.63) is 72.3 Å². The zero-order chi connectivity index (χ0) is 31.6. The number of para-hydroxylation sites is 1. The number of nitriles is 1. The molecule has 0 saturated carbocycles. The van der Waals surface area contributed by atoms with Crippen LogP contribution in [0.25, 0.3) is 22.3 Å². The second kappa shape index (κ2) is 12.6. The number of nitrogens with two attached hydrogens (primary N) is 1. The number of likely N-dealkylation sites (tertiary alicyclic amines) is 1. The average Bonchev–Trinajstić information content (AvgIpc) is 3.66. The van der Waals surface area contributed by atoms with Crippen molar-refractivity contribution < 1.29 is 18.7 Å². The molecule has 12 heteroatoms. The molecule has 232 valence electrons. The third kappa shape index (κ3) is 6.22. The van der Waals surface area contributed by atoms with E-state index in [1.54, 1.807) is 39.9 Å². The molecule has 2 N–H and O–H groups in total. The molecule has 0 spiro atoms. The fraction of sp³-hybridized carbons (Fsp3) is 0.364. The van der Waals surface area contributed by atoms with E-state index in [0.717, 1.165) is 19.5 Å². The highest BCUT2D eigenvalue weighted by Crippen LogP contribution is 2.35. The summed E-state index contributed by atoms with van der Waals surface area (Å²) >= 11 is 0. The Hall–Kier alpha value is -4.86. The zero-order valence-electron chi connectivity index (χ0n) is 25.3. The van der Waals surface area contributed by atoms with E-state index in [1.165, 1.54) is 12.4 Å². The maximum atomic E-state index is 15.6. The molecule has 1 amide bonds. The van der Waals surface area contributed by atoms with Crippen LogP contribution in [0.5, 0.6) is 11.5 Å². The van der Waals surface area contributed by atoms with Gasteiger partial charge in [0.25, 0.3) is 5.91 Å². The molecular weight excluding hydrogens is 575 g/mol. The Morgan fingerprint density at radius 3 is 2.67 bits per heavy atom. The highest BCUT2D eigenvalue weighted by molar-refractivity contribution is 5.99. The molecule has 0 bridgehead atoms. The van der Waals surface area contributed by atoms with Crippen molar-refractivity contribution in [2.75, 3.05) is 38.6 Å². The van der Waals surface area contributed by atoms with E-state index in [2.05, 4.69) is 20.9 Å². The van der Waals surface area contributed by atoms with Crippen LogP contribution in [-0.2, 0) is 16.1 Å². The van der Waals surface area contributed by atoms with Crippen molar-refractivity contribution in [3.63, 3.8) is 0 Å². The SMILES string of the molecule is CC(C)(/C=C(/C#N)C(=O)N1CCC[C@H]1Cn1nc(-c2ccc(Oc3ccccc3)cc2F)c2c(N)ncnc21)N1CCOCC1. The van der Waals surface area contributed by atoms with Crippen LogP contribution in [0.1, 0.15) is 26.7 Å². The summed E-state index contributed by atoms with van der Waals surface area (Å²) in [7, 11) is 0.